The Labute approximate surface area is 341 Å². The van der Waals surface area contributed by atoms with Crippen molar-refractivity contribution in [3.8, 4) is 11.9 Å². The second-order valence-corrected chi connectivity index (χ2v) is 15.2. The van der Waals surface area contributed by atoms with Gasteiger partial charge in [-0.2, -0.15) is 9.97 Å². The molecule has 9 aromatic rings. The summed E-state index contributed by atoms with van der Waals surface area (Å²) < 4.78 is 40.8. The van der Waals surface area contributed by atoms with Gasteiger partial charge in [-0.15, -0.1) is 0 Å². The van der Waals surface area contributed by atoms with Crippen LogP contribution in [0.1, 0.15) is 63.5 Å². The van der Waals surface area contributed by atoms with Crippen LogP contribution in [0, 0.1) is 11.6 Å². The molecule has 2 fully saturated rings. The zero-order valence-electron chi connectivity index (χ0n) is 32.2. The quantitative estimate of drug-likeness (QED) is 0.207. The van der Waals surface area contributed by atoms with Crippen molar-refractivity contribution >= 4 is 50.5 Å². The van der Waals surface area contributed by atoms with Crippen LogP contribution in [0.3, 0.4) is 0 Å². The summed E-state index contributed by atoms with van der Waals surface area (Å²) in [4.78, 5) is 73.3. The number of ether oxygens (including phenoxy) is 1. The van der Waals surface area contributed by atoms with Gasteiger partial charge in [0.15, 0.2) is 11.3 Å². The van der Waals surface area contributed by atoms with Crippen molar-refractivity contribution in [2.75, 3.05) is 0 Å². The summed E-state index contributed by atoms with van der Waals surface area (Å²) in [5, 5.41) is 9.74. The first-order valence-corrected chi connectivity index (χ1v) is 19.7. The second kappa shape index (κ2) is 15.3. The number of rotatable bonds is 5. The number of benzene rings is 2. The molecule has 0 spiro atoms. The topological polar surface area (TPSA) is 227 Å². The number of aliphatic hydroxyl groups is 1. The van der Waals surface area contributed by atoms with Crippen molar-refractivity contribution in [2.45, 2.75) is 75.7 Å². The van der Waals surface area contributed by atoms with Crippen molar-refractivity contribution in [3.63, 3.8) is 0 Å². The first kappa shape index (κ1) is 37.8. The molecular weight excluding hydrogens is 795 g/mol. The average Bonchev–Trinajstić information content (AvgIpc) is 4.11. The van der Waals surface area contributed by atoms with Gasteiger partial charge in [-0.1, -0.05) is 0 Å². The van der Waals surface area contributed by atoms with Crippen molar-refractivity contribution in [1.29, 1.82) is 0 Å². The molecule has 2 aliphatic carbocycles. The monoisotopic (exact) mass is 830 g/mol. The van der Waals surface area contributed by atoms with Crippen LogP contribution in [-0.4, -0.2) is 91.1 Å². The Morgan fingerprint density at radius 1 is 0.689 bits per heavy atom. The number of aliphatic hydroxyl groups excluding tert-OH is 1. The van der Waals surface area contributed by atoms with E-state index in [0.29, 0.717) is 102 Å². The van der Waals surface area contributed by atoms with Crippen LogP contribution in [0.2, 0.25) is 0 Å². The molecule has 0 aliphatic heterocycles. The third-order valence-corrected chi connectivity index (χ3v) is 11.4. The predicted octanol–water partition coefficient (Wildman–Crippen LogP) is 5.04. The number of aromatic nitrogens is 14. The van der Waals surface area contributed by atoms with Gasteiger partial charge in [0.05, 0.1) is 40.6 Å². The molecule has 0 bridgehead atoms. The Balaban J connectivity index is 0.000000150. The van der Waals surface area contributed by atoms with E-state index in [9.17, 15) is 28.3 Å². The predicted molar refractivity (Wildman–Crippen MR) is 214 cm³/mol. The van der Waals surface area contributed by atoms with Crippen molar-refractivity contribution < 1.29 is 23.4 Å². The molecule has 0 atom stereocenters. The summed E-state index contributed by atoms with van der Waals surface area (Å²) in [6.07, 6.45) is 14.9. The highest BCUT2D eigenvalue weighted by molar-refractivity contribution is 5.79. The van der Waals surface area contributed by atoms with Gasteiger partial charge in [-0.05, 0) is 75.6 Å². The highest BCUT2D eigenvalue weighted by atomic mass is 19.1. The molecule has 11 rings (SSSR count). The van der Waals surface area contributed by atoms with Gasteiger partial charge >= 0.3 is 17.5 Å². The third kappa shape index (κ3) is 7.11. The number of aromatic amines is 2. The minimum absolute atomic E-state index is 0.0191. The number of nitrogens with one attached hydrogen (secondary N) is 2. The van der Waals surface area contributed by atoms with E-state index in [0.717, 1.165) is 0 Å². The van der Waals surface area contributed by atoms with E-state index < -0.39 is 6.09 Å². The van der Waals surface area contributed by atoms with E-state index in [-0.39, 0.29) is 53.3 Å². The number of H-pyrrole nitrogens is 2. The number of carbonyl (C=O) groups excluding carboxylic acids is 1. The van der Waals surface area contributed by atoms with Crippen LogP contribution in [0.5, 0.6) is 0 Å². The number of nitrogens with zero attached hydrogens (tertiary/aromatic N) is 12. The maximum Gasteiger partial charge on any atom is 0.419 e. The van der Waals surface area contributed by atoms with E-state index in [1.54, 1.807) is 42.8 Å². The molecule has 21 heteroatoms. The number of carbonyl (C=O) groups is 1. The Morgan fingerprint density at radius 2 is 1.20 bits per heavy atom. The van der Waals surface area contributed by atoms with Gasteiger partial charge in [0.2, 0.25) is 11.9 Å². The Bertz CT molecular complexity index is 3180. The summed E-state index contributed by atoms with van der Waals surface area (Å²) in [5.41, 5.74) is 3.85. The molecule has 0 unspecified atom stereocenters. The number of hydrogen-bond donors (Lipinski definition) is 3. The number of halogens is 2. The summed E-state index contributed by atoms with van der Waals surface area (Å²) in [5.74, 6) is -0.153. The van der Waals surface area contributed by atoms with E-state index in [1.807, 2.05) is 0 Å². The standard InChI is InChI=1S/C22H19FN8O3.C18H17FN6O2/c23-13-1-6-16-18(9-13)30(12-26-16)20-25-10-17-19(28-20)31(21(32)27-17)14-2-4-15(5-3-14)34-22(33)29-8-7-24-11-29;19-10-1-6-13-15(7-10)24(9-21-13)17-20-8-14-16(23-17)25(18(27)22-14)11-2-4-12(26)5-3-11/h1,6-12,14-15H,2-5H2,(H,27,32);1,6-9,11-12,26H,2-5H2,(H,22,27). The first-order chi connectivity index (χ1) is 29.7. The third-order valence-electron chi connectivity index (χ3n) is 11.4. The van der Waals surface area contributed by atoms with Gasteiger partial charge < -0.3 is 19.8 Å². The van der Waals surface area contributed by atoms with E-state index in [4.69, 9.17) is 4.74 Å². The zero-order chi connectivity index (χ0) is 41.8. The van der Waals surface area contributed by atoms with E-state index in [2.05, 4.69) is 44.9 Å². The lowest BCUT2D eigenvalue weighted by Crippen LogP contribution is -2.31. The van der Waals surface area contributed by atoms with Gasteiger partial charge in [0.25, 0.3) is 0 Å². The summed E-state index contributed by atoms with van der Waals surface area (Å²) >= 11 is 0. The highest BCUT2D eigenvalue weighted by Crippen LogP contribution is 2.32. The zero-order valence-corrected chi connectivity index (χ0v) is 32.2. The van der Waals surface area contributed by atoms with Crippen molar-refractivity contribution in [2.24, 2.45) is 0 Å². The SMILES string of the molecule is O=C(OC1CCC(n2c(=O)[nH]c3cnc(-n4cnc5ccc(F)cc54)nc32)CC1)n1ccnc1.O=c1[nH]c2cnc(-n3cnc4ccc(F)cc43)nc2n1C1CCC(O)CC1. The van der Waals surface area contributed by atoms with Gasteiger partial charge in [-0.25, -0.2) is 52.7 Å². The molecule has 2 aromatic carbocycles. The summed E-state index contributed by atoms with van der Waals surface area (Å²) in [7, 11) is 0. The van der Waals surface area contributed by atoms with Crippen LogP contribution in [-0.2, 0) is 4.74 Å². The lowest BCUT2D eigenvalue weighted by molar-refractivity contribution is 0.0665. The molecule has 0 saturated heterocycles. The molecule has 2 saturated carbocycles. The number of hydrogen-bond acceptors (Lipinski definition) is 12. The molecule has 19 nitrogen and oxygen atoms in total. The lowest BCUT2D eigenvalue weighted by atomic mass is 9.93. The van der Waals surface area contributed by atoms with Crippen molar-refractivity contribution in [1.82, 2.24) is 67.7 Å². The largest absolute Gasteiger partial charge is 0.446 e. The highest BCUT2D eigenvalue weighted by Gasteiger charge is 2.29. The van der Waals surface area contributed by atoms with Crippen LogP contribution in [0.4, 0.5) is 13.6 Å². The fraction of sp³-hybridized carbons (Fsp3) is 0.300. The molecular formula is C40H36F2N14O5. The number of fused-ring (bicyclic) bond motifs is 4. The van der Waals surface area contributed by atoms with Gasteiger partial charge in [0, 0.05) is 36.6 Å². The second-order valence-electron chi connectivity index (χ2n) is 15.2. The fourth-order valence-electron chi connectivity index (χ4n) is 8.31. The van der Waals surface area contributed by atoms with Crippen LogP contribution in [0.15, 0.2) is 89.8 Å². The molecule has 0 radical (unpaired) electrons. The Morgan fingerprint density at radius 3 is 1.69 bits per heavy atom. The fourth-order valence-corrected chi connectivity index (χ4v) is 8.31. The van der Waals surface area contributed by atoms with Crippen molar-refractivity contribution in [3.05, 3.63) is 113 Å². The minimum Gasteiger partial charge on any atom is -0.446 e. The van der Waals surface area contributed by atoms with E-state index >= 15 is 0 Å². The van der Waals surface area contributed by atoms with Gasteiger partial charge in [-0.3, -0.25) is 18.3 Å². The summed E-state index contributed by atoms with van der Waals surface area (Å²) in [6, 6.07) is 8.50. The molecule has 3 N–H and O–H groups in total. The Hall–Kier alpha value is -7.42. The molecule has 61 heavy (non-hydrogen) atoms. The molecule has 7 heterocycles. The van der Waals surface area contributed by atoms with Crippen LogP contribution < -0.4 is 11.4 Å². The van der Waals surface area contributed by atoms with Crippen LogP contribution >= 0.6 is 0 Å². The maximum absolute atomic E-state index is 13.8. The van der Waals surface area contributed by atoms with E-state index in [1.165, 1.54) is 60.2 Å². The Kier molecular flexibility index (Phi) is 9.49. The number of imidazole rings is 5. The molecule has 0 amide bonds. The normalized spacial score (nSPS) is 19.4. The maximum atomic E-state index is 13.8. The lowest BCUT2D eigenvalue weighted by Gasteiger charge is -2.28. The average molecular weight is 831 g/mol. The minimum atomic E-state index is -0.466. The summed E-state index contributed by atoms with van der Waals surface area (Å²) in [6.45, 7) is 0. The van der Waals surface area contributed by atoms with Gasteiger partial charge in [0.1, 0.15) is 47.8 Å². The molecule has 7 aromatic heterocycles. The smallest absolute Gasteiger partial charge is 0.419 e. The molecule has 2 aliphatic rings. The molecule has 310 valence electrons. The van der Waals surface area contributed by atoms with Crippen LogP contribution in [0.25, 0.3) is 56.3 Å². The first-order valence-electron chi connectivity index (χ1n) is 19.7.